The quantitative estimate of drug-likeness (QED) is 0.122. The van der Waals surface area contributed by atoms with Gasteiger partial charge in [0.2, 0.25) is 0 Å². The molecular formula is C25H54O2Si. The van der Waals surface area contributed by atoms with Gasteiger partial charge in [0.1, 0.15) is 0 Å². The Morgan fingerprint density at radius 1 is 0.393 bits per heavy atom. The Kier molecular flexibility index (Phi) is 21.9. The van der Waals surface area contributed by atoms with Crippen molar-refractivity contribution < 1.29 is 8.85 Å². The molecule has 0 amide bonds. The highest BCUT2D eigenvalue weighted by molar-refractivity contribution is 6.64. The second-order valence-electron chi connectivity index (χ2n) is 9.11. The van der Waals surface area contributed by atoms with E-state index in [-0.39, 0.29) is 0 Å². The second kappa shape index (κ2) is 21.8. The molecule has 0 radical (unpaired) electrons. The van der Waals surface area contributed by atoms with Crippen LogP contribution in [-0.2, 0) is 8.85 Å². The van der Waals surface area contributed by atoms with E-state index < -0.39 is 8.56 Å². The first-order chi connectivity index (χ1) is 13.6. The molecular weight excluding hydrogens is 360 g/mol. The molecule has 0 bridgehead atoms. The molecule has 3 heteroatoms. The van der Waals surface area contributed by atoms with Crippen LogP contribution >= 0.6 is 0 Å². The number of hydrogen-bond donors (Lipinski definition) is 0. The van der Waals surface area contributed by atoms with Gasteiger partial charge in [-0.3, -0.25) is 0 Å². The van der Waals surface area contributed by atoms with Gasteiger partial charge in [-0.1, -0.05) is 123 Å². The molecule has 0 spiro atoms. The van der Waals surface area contributed by atoms with Crippen LogP contribution in [0.25, 0.3) is 0 Å². The molecule has 0 saturated heterocycles. The summed E-state index contributed by atoms with van der Waals surface area (Å²) in [5.41, 5.74) is 0. The van der Waals surface area contributed by atoms with Crippen LogP contribution in [-0.4, -0.2) is 21.8 Å². The van der Waals surface area contributed by atoms with Crippen LogP contribution in [0.1, 0.15) is 136 Å². The SMILES string of the molecule is CCCCCCCCCCCCCCCCCO[Si](C)(C)OCCCCCC. The molecule has 2 nitrogen and oxygen atoms in total. The zero-order valence-corrected chi connectivity index (χ0v) is 21.2. The summed E-state index contributed by atoms with van der Waals surface area (Å²) >= 11 is 0. The van der Waals surface area contributed by atoms with Crippen molar-refractivity contribution in [2.45, 2.75) is 149 Å². The fourth-order valence-electron chi connectivity index (χ4n) is 3.68. The molecule has 0 heterocycles. The lowest BCUT2D eigenvalue weighted by atomic mass is 10.0. The molecule has 0 aliphatic heterocycles. The number of rotatable bonds is 23. The van der Waals surface area contributed by atoms with E-state index in [0.717, 1.165) is 13.2 Å². The highest BCUT2D eigenvalue weighted by atomic mass is 28.4. The van der Waals surface area contributed by atoms with E-state index in [1.54, 1.807) is 0 Å². The molecule has 0 aromatic rings. The normalized spacial score (nSPS) is 12.0. The zero-order chi connectivity index (χ0) is 20.8. The molecule has 0 aromatic heterocycles. The van der Waals surface area contributed by atoms with E-state index in [1.807, 2.05) is 0 Å². The molecule has 0 saturated carbocycles. The van der Waals surface area contributed by atoms with Crippen molar-refractivity contribution in [2.75, 3.05) is 13.2 Å². The van der Waals surface area contributed by atoms with Crippen LogP contribution in [0.3, 0.4) is 0 Å². The lowest BCUT2D eigenvalue weighted by Gasteiger charge is -2.22. The van der Waals surface area contributed by atoms with Crippen molar-refractivity contribution in [3.63, 3.8) is 0 Å². The van der Waals surface area contributed by atoms with Gasteiger partial charge in [0, 0.05) is 13.2 Å². The van der Waals surface area contributed by atoms with Crippen LogP contribution in [0.4, 0.5) is 0 Å². The number of unbranched alkanes of at least 4 members (excludes halogenated alkanes) is 17. The van der Waals surface area contributed by atoms with E-state index in [9.17, 15) is 0 Å². The first-order valence-corrected chi connectivity index (χ1v) is 15.7. The standard InChI is InChI=1S/C25H54O2Si/c1-5-7-9-11-12-13-14-15-16-17-18-19-20-21-23-25-27-28(3,4)26-24-22-10-8-6-2/h5-25H2,1-4H3. The minimum absolute atomic E-state index is 0.887. The van der Waals surface area contributed by atoms with Crippen molar-refractivity contribution in [3.8, 4) is 0 Å². The average molecular weight is 415 g/mol. The molecule has 170 valence electrons. The zero-order valence-electron chi connectivity index (χ0n) is 20.2. The fraction of sp³-hybridized carbons (Fsp3) is 1.00. The lowest BCUT2D eigenvalue weighted by molar-refractivity contribution is 0.173. The van der Waals surface area contributed by atoms with Gasteiger partial charge in [-0.25, -0.2) is 0 Å². The van der Waals surface area contributed by atoms with Crippen molar-refractivity contribution in [3.05, 3.63) is 0 Å². The number of hydrogen-bond acceptors (Lipinski definition) is 2. The summed E-state index contributed by atoms with van der Waals surface area (Å²) in [7, 11) is -1.87. The Hall–Kier alpha value is 0.137. The predicted octanol–water partition coefficient (Wildman–Crippen LogP) is 9.17. The minimum atomic E-state index is -1.87. The van der Waals surface area contributed by atoms with Crippen LogP contribution < -0.4 is 0 Å². The summed E-state index contributed by atoms with van der Waals surface area (Å²) in [5.74, 6) is 0. The second-order valence-corrected chi connectivity index (χ2v) is 12.5. The first kappa shape index (κ1) is 28.1. The summed E-state index contributed by atoms with van der Waals surface area (Å²) in [6, 6.07) is 0. The predicted molar refractivity (Wildman–Crippen MR) is 128 cm³/mol. The third-order valence-corrected chi connectivity index (χ3v) is 7.44. The summed E-state index contributed by atoms with van der Waals surface area (Å²) < 4.78 is 12.1. The Bertz CT molecular complexity index is 294. The van der Waals surface area contributed by atoms with Gasteiger partial charge >= 0.3 is 8.56 Å². The van der Waals surface area contributed by atoms with Crippen molar-refractivity contribution in [2.24, 2.45) is 0 Å². The van der Waals surface area contributed by atoms with E-state index in [1.165, 1.54) is 122 Å². The van der Waals surface area contributed by atoms with Gasteiger partial charge in [-0.05, 0) is 25.9 Å². The Balaban J connectivity index is 3.22. The molecule has 0 atom stereocenters. The van der Waals surface area contributed by atoms with Gasteiger partial charge in [0.15, 0.2) is 0 Å². The van der Waals surface area contributed by atoms with Crippen molar-refractivity contribution >= 4 is 8.56 Å². The summed E-state index contributed by atoms with van der Waals surface area (Å²) in [6.07, 6.45) is 26.3. The van der Waals surface area contributed by atoms with Crippen LogP contribution in [0.15, 0.2) is 0 Å². The van der Waals surface area contributed by atoms with Crippen molar-refractivity contribution in [1.82, 2.24) is 0 Å². The highest BCUT2D eigenvalue weighted by Gasteiger charge is 2.23. The lowest BCUT2D eigenvalue weighted by Crippen LogP contribution is -2.35. The summed E-state index contributed by atoms with van der Waals surface area (Å²) in [4.78, 5) is 0. The van der Waals surface area contributed by atoms with E-state index in [2.05, 4.69) is 26.9 Å². The van der Waals surface area contributed by atoms with E-state index >= 15 is 0 Å². The highest BCUT2D eigenvalue weighted by Crippen LogP contribution is 2.14. The van der Waals surface area contributed by atoms with Gasteiger partial charge in [0.25, 0.3) is 0 Å². The average Bonchev–Trinajstić information content (AvgIpc) is 2.67. The maximum Gasteiger partial charge on any atom is 0.331 e. The van der Waals surface area contributed by atoms with Gasteiger partial charge in [-0.2, -0.15) is 0 Å². The largest absolute Gasteiger partial charge is 0.395 e. The van der Waals surface area contributed by atoms with Crippen molar-refractivity contribution in [1.29, 1.82) is 0 Å². The molecule has 0 aliphatic carbocycles. The maximum atomic E-state index is 6.07. The first-order valence-electron chi connectivity index (χ1n) is 12.9. The van der Waals surface area contributed by atoms with Crippen LogP contribution in [0.2, 0.25) is 13.1 Å². The van der Waals surface area contributed by atoms with Gasteiger partial charge < -0.3 is 8.85 Å². The van der Waals surface area contributed by atoms with E-state index in [0.29, 0.717) is 0 Å². The Labute approximate surface area is 179 Å². The summed E-state index contributed by atoms with van der Waals surface area (Å²) in [6.45, 7) is 10.7. The van der Waals surface area contributed by atoms with Gasteiger partial charge in [-0.15, -0.1) is 0 Å². The minimum Gasteiger partial charge on any atom is -0.395 e. The Morgan fingerprint density at radius 3 is 0.964 bits per heavy atom. The Morgan fingerprint density at radius 2 is 0.643 bits per heavy atom. The summed E-state index contributed by atoms with van der Waals surface area (Å²) in [5, 5.41) is 0. The van der Waals surface area contributed by atoms with Crippen LogP contribution in [0, 0.1) is 0 Å². The monoisotopic (exact) mass is 414 g/mol. The third kappa shape index (κ3) is 22.4. The molecule has 28 heavy (non-hydrogen) atoms. The topological polar surface area (TPSA) is 18.5 Å². The molecule has 0 rings (SSSR count). The molecule has 0 unspecified atom stereocenters. The van der Waals surface area contributed by atoms with Gasteiger partial charge in [0.05, 0.1) is 0 Å². The molecule has 0 aromatic carbocycles. The smallest absolute Gasteiger partial charge is 0.331 e. The molecule has 0 fully saturated rings. The third-order valence-electron chi connectivity index (χ3n) is 5.65. The fourth-order valence-corrected chi connectivity index (χ4v) is 5.03. The van der Waals surface area contributed by atoms with E-state index in [4.69, 9.17) is 8.85 Å². The molecule has 0 N–H and O–H groups in total. The maximum absolute atomic E-state index is 6.07. The van der Waals surface area contributed by atoms with Crippen LogP contribution in [0.5, 0.6) is 0 Å². The molecule has 0 aliphatic rings.